The number of aliphatic hydroxyl groups excluding tert-OH is 1. The third-order valence-corrected chi connectivity index (χ3v) is 9.99. The van der Waals surface area contributed by atoms with E-state index in [1.165, 1.54) is 29.6 Å². The van der Waals surface area contributed by atoms with Crippen molar-refractivity contribution in [2.45, 2.75) is 37.5 Å². The molecule has 222 valence electrons. The van der Waals surface area contributed by atoms with Crippen LogP contribution < -0.4 is 0 Å². The number of rotatable bonds is 6. The largest absolute Gasteiger partial charge is 0.394 e. The van der Waals surface area contributed by atoms with Gasteiger partial charge in [0.1, 0.15) is 11.5 Å². The molecule has 0 saturated carbocycles. The highest BCUT2D eigenvalue weighted by Crippen LogP contribution is 2.38. The zero-order chi connectivity index (χ0) is 30.2. The molecule has 1 aliphatic heterocycles. The lowest BCUT2D eigenvalue weighted by molar-refractivity contribution is -0.0147. The average molecular weight is 594 g/mol. The van der Waals surface area contributed by atoms with Crippen LogP contribution in [0.15, 0.2) is 77.7 Å². The lowest BCUT2D eigenvalue weighted by atomic mass is 9.96. The molecule has 0 saturated heterocycles. The number of hydrogen-bond acceptors (Lipinski definition) is 5. The molecule has 2 heterocycles. The van der Waals surface area contributed by atoms with Crippen molar-refractivity contribution in [1.29, 1.82) is 0 Å². The molecule has 1 aliphatic rings. The quantitative estimate of drug-likeness (QED) is 0.351. The molecule has 0 spiro atoms. The number of aryl methyl sites for hydroxylation is 1. The summed E-state index contributed by atoms with van der Waals surface area (Å²) in [6.45, 7) is 3.84. The first kappa shape index (κ1) is 29.9. The van der Waals surface area contributed by atoms with Gasteiger partial charge in [-0.25, -0.2) is 12.8 Å². The number of ether oxygens (including phenoxy) is 1. The van der Waals surface area contributed by atoms with Crippen LogP contribution in [0.3, 0.4) is 0 Å². The summed E-state index contributed by atoms with van der Waals surface area (Å²) in [4.78, 5) is 15.9. The van der Waals surface area contributed by atoms with Gasteiger partial charge in [0.15, 0.2) is 0 Å². The number of benzene rings is 3. The number of likely N-dealkylation sites (N-methyl/N-ethyl adjacent to an activating group) is 1. The Morgan fingerprint density at radius 3 is 2.55 bits per heavy atom. The van der Waals surface area contributed by atoms with Gasteiger partial charge in [0.25, 0.3) is 5.91 Å². The van der Waals surface area contributed by atoms with Gasteiger partial charge in [0.05, 0.1) is 30.3 Å². The van der Waals surface area contributed by atoms with Crippen molar-refractivity contribution in [3.63, 3.8) is 0 Å². The maximum absolute atomic E-state index is 14.4. The molecule has 42 heavy (non-hydrogen) atoms. The van der Waals surface area contributed by atoms with Crippen LogP contribution in [0.25, 0.3) is 22.0 Å². The molecule has 0 fully saturated rings. The van der Waals surface area contributed by atoms with Crippen molar-refractivity contribution in [1.82, 2.24) is 13.8 Å². The maximum Gasteiger partial charge on any atom is 0.271 e. The molecule has 0 aliphatic carbocycles. The fraction of sp³-hybridized carbons (Fsp3) is 0.344. The summed E-state index contributed by atoms with van der Waals surface area (Å²) < 4.78 is 50.1. The average Bonchev–Trinajstić information content (AvgIpc) is 3.28. The topological polar surface area (TPSA) is 92.1 Å². The predicted octanol–water partition coefficient (Wildman–Crippen LogP) is 4.66. The summed E-state index contributed by atoms with van der Waals surface area (Å²) in [5, 5.41) is 11.1. The third kappa shape index (κ3) is 5.47. The van der Waals surface area contributed by atoms with Crippen LogP contribution >= 0.6 is 0 Å². The van der Waals surface area contributed by atoms with Gasteiger partial charge in [0.2, 0.25) is 10.0 Å². The number of aliphatic hydroxyl groups is 1. The summed E-state index contributed by atoms with van der Waals surface area (Å²) in [6, 6.07) is 20.0. The highest BCUT2D eigenvalue weighted by atomic mass is 32.2. The van der Waals surface area contributed by atoms with Gasteiger partial charge in [-0.1, -0.05) is 55.5 Å². The Balaban J connectivity index is 1.61. The minimum absolute atomic E-state index is 0.0202. The van der Waals surface area contributed by atoms with Crippen LogP contribution in [-0.4, -0.2) is 72.1 Å². The number of para-hydroxylation sites is 1. The molecule has 5 rings (SSSR count). The zero-order valence-corrected chi connectivity index (χ0v) is 25.0. The van der Waals surface area contributed by atoms with Crippen LogP contribution in [0.1, 0.15) is 29.9 Å². The lowest BCUT2D eigenvalue weighted by Gasteiger charge is -2.35. The molecular formula is C32H36FN3O5S. The molecule has 0 radical (unpaired) electrons. The number of carbonyl (C=O) groups is 1. The van der Waals surface area contributed by atoms with Crippen LogP contribution in [0.4, 0.5) is 4.39 Å². The Morgan fingerprint density at radius 1 is 1.10 bits per heavy atom. The van der Waals surface area contributed by atoms with Gasteiger partial charge in [-0.05, 0) is 42.3 Å². The monoisotopic (exact) mass is 593 g/mol. The van der Waals surface area contributed by atoms with E-state index >= 15 is 0 Å². The number of aromatic nitrogens is 1. The number of halogens is 1. The first-order valence-electron chi connectivity index (χ1n) is 14.0. The molecule has 1 N–H and O–H groups in total. The maximum atomic E-state index is 14.4. The number of fused-ring (bicyclic) bond motifs is 5. The van der Waals surface area contributed by atoms with E-state index < -0.39 is 28.0 Å². The molecule has 1 amide bonds. The SMILES string of the molecule is C[C@@H]1CN([C@@H](C)CO)C(=O)c2c(c3ccccc3n2C)-c2ccccc2CO[C@H]1CN(C)S(=O)(=O)c1cccc(F)c1. The number of carbonyl (C=O) groups excluding carboxylic acids is 1. The second kappa shape index (κ2) is 12.0. The Morgan fingerprint density at radius 2 is 1.81 bits per heavy atom. The van der Waals surface area contributed by atoms with Crippen LogP contribution in [-0.2, 0) is 28.4 Å². The van der Waals surface area contributed by atoms with Crippen LogP contribution in [0.5, 0.6) is 0 Å². The number of nitrogens with zero attached hydrogens (tertiary/aromatic N) is 3. The highest BCUT2D eigenvalue weighted by Gasteiger charge is 2.35. The van der Waals surface area contributed by atoms with E-state index in [1.807, 2.05) is 67.1 Å². The van der Waals surface area contributed by atoms with Crippen molar-refractivity contribution in [2.75, 3.05) is 26.7 Å². The summed E-state index contributed by atoms with van der Waals surface area (Å²) in [5.41, 5.74) is 3.93. The Kier molecular flexibility index (Phi) is 8.52. The van der Waals surface area contributed by atoms with Gasteiger partial charge in [0, 0.05) is 49.6 Å². The molecule has 1 aromatic heterocycles. The van der Waals surface area contributed by atoms with E-state index in [1.54, 1.807) is 11.8 Å². The second-order valence-electron chi connectivity index (χ2n) is 11.0. The minimum Gasteiger partial charge on any atom is -0.394 e. The van der Waals surface area contributed by atoms with Crippen LogP contribution in [0.2, 0.25) is 0 Å². The summed E-state index contributed by atoms with van der Waals surface area (Å²) >= 11 is 0. The van der Waals surface area contributed by atoms with Crippen molar-refractivity contribution in [3.05, 3.63) is 89.9 Å². The molecule has 10 heteroatoms. The number of hydrogen-bond donors (Lipinski definition) is 1. The van der Waals surface area contributed by atoms with Crippen molar-refractivity contribution in [2.24, 2.45) is 13.0 Å². The lowest BCUT2D eigenvalue weighted by Crippen LogP contribution is -2.48. The van der Waals surface area contributed by atoms with E-state index in [4.69, 9.17) is 4.74 Å². The molecule has 0 unspecified atom stereocenters. The summed E-state index contributed by atoms with van der Waals surface area (Å²) in [6.07, 6.45) is -0.620. The first-order valence-corrected chi connectivity index (χ1v) is 15.4. The third-order valence-electron chi connectivity index (χ3n) is 8.17. The van der Waals surface area contributed by atoms with E-state index in [0.29, 0.717) is 5.69 Å². The standard InChI is InChI=1S/C32H36FN3O5S/c1-21-17-36(22(2)19-37)32(38)31-30(27-14-7-8-15-28(27)35(31)4)26-13-6-5-10-23(26)20-41-29(21)18-34(3)42(39,40)25-12-9-11-24(33)16-25/h5-16,21-22,29,37H,17-20H2,1-4H3/t21-,22+,29+/m1/s1. The molecule has 0 bridgehead atoms. The van der Waals surface area contributed by atoms with Gasteiger partial charge < -0.3 is 19.3 Å². The first-order chi connectivity index (χ1) is 20.0. The summed E-state index contributed by atoms with van der Waals surface area (Å²) in [5.74, 6) is -1.19. The smallest absolute Gasteiger partial charge is 0.271 e. The number of amides is 1. The van der Waals surface area contributed by atoms with Crippen LogP contribution in [0, 0.1) is 11.7 Å². The van der Waals surface area contributed by atoms with Gasteiger partial charge in [-0.3, -0.25) is 4.79 Å². The molecule has 8 nitrogen and oxygen atoms in total. The molecule has 4 aromatic rings. The molecule has 3 aromatic carbocycles. The minimum atomic E-state index is -4.01. The predicted molar refractivity (Wildman–Crippen MR) is 160 cm³/mol. The highest BCUT2D eigenvalue weighted by molar-refractivity contribution is 7.89. The Bertz CT molecular complexity index is 1720. The fourth-order valence-electron chi connectivity index (χ4n) is 5.68. The van der Waals surface area contributed by atoms with E-state index in [-0.39, 0.29) is 43.0 Å². The Hall–Kier alpha value is -3.57. The normalized spacial score (nSPS) is 18.9. The zero-order valence-electron chi connectivity index (χ0n) is 24.2. The summed E-state index contributed by atoms with van der Waals surface area (Å²) in [7, 11) is -0.696. The van der Waals surface area contributed by atoms with Crippen molar-refractivity contribution in [3.8, 4) is 11.1 Å². The fourth-order valence-corrected chi connectivity index (χ4v) is 6.90. The van der Waals surface area contributed by atoms with Gasteiger partial charge in [-0.2, -0.15) is 4.31 Å². The Labute approximate surface area is 246 Å². The molecular weight excluding hydrogens is 557 g/mol. The van der Waals surface area contributed by atoms with E-state index in [0.717, 1.165) is 33.7 Å². The van der Waals surface area contributed by atoms with E-state index in [9.17, 15) is 22.7 Å². The van der Waals surface area contributed by atoms with E-state index in [2.05, 4.69) is 0 Å². The molecule has 3 atom stereocenters. The second-order valence-corrected chi connectivity index (χ2v) is 13.1. The van der Waals surface area contributed by atoms with Gasteiger partial charge in [-0.15, -0.1) is 0 Å². The van der Waals surface area contributed by atoms with Crippen molar-refractivity contribution < 1.29 is 27.4 Å². The van der Waals surface area contributed by atoms with Crippen molar-refractivity contribution >= 4 is 26.8 Å². The number of sulfonamides is 1. The van der Waals surface area contributed by atoms with Gasteiger partial charge >= 0.3 is 0 Å².